The Morgan fingerprint density at radius 3 is 3.18 bits per heavy atom. The lowest BCUT2D eigenvalue weighted by molar-refractivity contribution is -0.117. The molecule has 0 bridgehead atoms. The second kappa shape index (κ2) is 4.88. The number of amides is 1. The minimum absolute atomic E-state index is 0.0138. The van der Waals surface area contributed by atoms with Gasteiger partial charge in [0.2, 0.25) is 5.91 Å². The number of terminal acetylenes is 1. The first kappa shape index (κ1) is 11.5. The highest BCUT2D eigenvalue weighted by atomic mass is 16.5. The summed E-state index contributed by atoms with van der Waals surface area (Å²) in [5.41, 5.74) is 0. The van der Waals surface area contributed by atoms with Crippen molar-refractivity contribution in [1.29, 1.82) is 0 Å². The van der Waals surface area contributed by atoms with Gasteiger partial charge in [0.15, 0.2) is 0 Å². The van der Waals surface area contributed by atoms with E-state index in [9.17, 15) is 4.79 Å². The number of hydrogen-bond acceptors (Lipinski definition) is 3. The van der Waals surface area contributed by atoms with Gasteiger partial charge in [-0.25, -0.2) is 4.98 Å². The number of aromatic nitrogens is 1. The van der Waals surface area contributed by atoms with Crippen LogP contribution in [0.4, 0.5) is 5.82 Å². The third-order valence-corrected chi connectivity index (χ3v) is 2.67. The van der Waals surface area contributed by atoms with Crippen molar-refractivity contribution in [2.45, 2.75) is 13.3 Å². The van der Waals surface area contributed by atoms with Crippen LogP contribution in [0.3, 0.4) is 0 Å². The molecule has 88 valence electrons. The molecule has 0 aromatic carbocycles. The van der Waals surface area contributed by atoms with Gasteiger partial charge in [-0.2, -0.15) is 0 Å². The topological polar surface area (TPSA) is 42.4 Å². The summed E-state index contributed by atoms with van der Waals surface area (Å²) in [5, 5.41) is 0. The zero-order chi connectivity index (χ0) is 12.3. The second-order valence-corrected chi connectivity index (χ2v) is 3.85. The number of nitrogens with zero attached hydrogens (tertiary/aromatic N) is 2. The summed E-state index contributed by atoms with van der Waals surface area (Å²) < 4.78 is 5.38. The van der Waals surface area contributed by atoms with Crippen LogP contribution in [0.25, 0.3) is 0 Å². The first-order chi connectivity index (χ1) is 8.24. The van der Waals surface area contributed by atoms with Gasteiger partial charge < -0.3 is 4.74 Å². The van der Waals surface area contributed by atoms with Crippen molar-refractivity contribution in [2.24, 2.45) is 5.92 Å². The van der Waals surface area contributed by atoms with E-state index < -0.39 is 0 Å². The van der Waals surface area contributed by atoms with Crippen molar-refractivity contribution < 1.29 is 9.53 Å². The van der Waals surface area contributed by atoms with Gasteiger partial charge in [0, 0.05) is 31.1 Å². The molecule has 1 unspecified atom stereocenters. The predicted molar refractivity (Wildman–Crippen MR) is 64.7 cm³/mol. The fraction of sp³-hybridized carbons (Fsp3) is 0.385. The van der Waals surface area contributed by atoms with Crippen molar-refractivity contribution in [3.05, 3.63) is 18.3 Å². The average molecular weight is 230 g/mol. The minimum atomic E-state index is -0.0138. The molecular formula is C13H14N2O2. The lowest BCUT2D eigenvalue weighted by atomic mass is 10.1. The Hall–Kier alpha value is -2.02. The van der Waals surface area contributed by atoms with E-state index in [0.29, 0.717) is 25.4 Å². The molecule has 2 heterocycles. The quantitative estimate of drug-likeness (QED) is 0.738. The monoisotopic (exact) mass is 230 g/mol. The number of carbonyl (C=O) groups is 1. The van der Waals surface area contributed by atoms with Crippen LogP contribution in [-0.2, 0) is 4.79 Å². The van der Waals surface area contributed by atoms with Crippen LogP contribution in [-0.4, -0.2) is 24.0 Å². The first-order valence-electron chi connectivity index (χ1n) is 5.60. The normalized spacial score (nSPS) is 19.2. The third kappa shape index (κ3) is 2.39. The van der Waals surface area contributed by atoms with Crippen molar-refractivity contribution in [3.63, 3.8) is 0 Å². The first-order valence-corrected chi connectivity index (χ1v) is 5.60. The predicted octanol–water partition coefficient (Wildman–Crippen LogP) is 1.47. The average Bonchev–Trinajstić information content (AvgIpc) is 2.71. The number of rotatable bonds is 3. The summed E-state index contributed by atoms with van der Waals surface area (Å²) >= 11 is 0. The van der Waals surface area contributed by atoms with E-state index in [1.807, 2.05) is 6.92 Å². The molecule has 17 heavy (non-hydrogen) atoms. The molecule has 2 rings (SSSR count). The minimum Gasteiger partial charge on any atom is -0.494 e. The number of pyridine rings is 1. The molecule has 0 saturated carbocycles. The lowest BCUT2D eigenvalue weighted by Gasteiger charge is -2.15. The van der Waals surface area contributed by atoms with Crippen molar-refractivity contribution >= 4 is 11.7 Å². The molecule has 4 heteroatoms. The van der Waals surface area contributed by atoms with E-state index in [0.717, 1.165) is 5.75 Å². The summed E-state index contributed by atoms with van der Waals surface area (Å²) in [6, 6.07) is 3.53. The molecule has 1 fully saturated rings. The highest BCUT2D eigenvalue weighted by Crippen LogP contribution is 2.25. The molecule has 1 amide bonds. The van der Waals surface area contributed by atoms with Crippen LogP contribution in [0.5, 0.6) is 5.75 Å². The van der Waals surface area contributed by atoms with Gasteiger partial charge in [0.25, 0.3) is 0 Å². The standard InChI is InChI=1S/C13H14N2O2/c1-3-10-7-13(16)15(9-10)12-8-11(17-4-2)5-6-14-12/h1,5-6,8,10H,4,7,9H2,2H3. The zero-order valence-electron chi connectivity index (χ0n) is 9.72. The fourth-order valence-corrected chi connectivity index (χ4v) is 1.84. The summed E-state index contributed by atoms with van der Waals surface area (Å²) in [6.07, 6.45) is 7.38. The molecule has 1 aromatic rings. The van der Waals surface area contributed by atoms with E-state index in [1.54, 1.807) is 23.2 Å². The molecule has 0 N–H and O–H groups in total. The van der Waals surface area contributed by atoms with Crippen molar-refractivity contribution in [1.82, 2.24) is 4.98 Å². The summed E-state index contributed by atoms with van der Waals surface area (Å²) in [6.45, 7) is 3.04. The molecule has 1 aliphatic rings. The van der Waals surface area contributed by atoms with Crippen LogP contribution in [0, 0.1) is 18.3 Å². The summed E-state index contributed by atoms with van der Waals surface area (Å²) in [5.74, 6) is 3.95. The Morgan fingerprint density at radius 1 is 1.71 bits per heavy atom. The molecular weight excluding hydrogens is 216 g/mol. The maximum absolute atomic E-state index is 11.8. The maximum Gasteiger partial charge on any atom is 0.229 e. The van der Waals surface area contributed by atoms with E-state index in [2.05, 4.69) is 10.9 Å². The Morgan fingerprint density at radius 2 is 2.53 bits per heavy atom. The maximum atomic E-state index is 11.8. The molecule has 4 nitrogen and oxygen atoms in total. The molecule has 1 saturated heterocycles. The van der Waals surface area contributed by atoms with Gasteiger partial charge in [0.05, 0.1) is 6.61 Å². The molecule has 0 spiro atoms. The summed E-state index contributed by atoms with van der Waals surface area (Å²) in [4.78, 5) is 17.6. The van der Waals surface area contributed by atoms with Crippen LogP contribution in [0.1, 0.15) is 13.3 Å². The van der Waals surface area contributed by atoms with Gasteiger partial charge in [-0.3, -0.25) is 9.69 Å². The van der Waals surface area contributed by atoms with Gasteiger partial charge in [-0.05, 0) is 13.0 Å². The van der Waals surface area contributed by atoms with E-state index >= 15 is 0 Å². The highest BCUT2D eigenvalue weighted by molar-refractivity contribution is 5.95. The zero-order valence-corrected chi connectivity index (χ0v) is 9.72. The van der Waals surface area contributed by atoms with Gasteiger partial charge in [0.1, 0.15) is 11.6 Å². The Bertz CT molecular complexity index is 465. The summed E-state index contributed by atoms with van der Waals surface area (Å²) in [7, 11) is 0. The van der Waals surface area contributed by atoms with Gasteiger partial charge in [-0.15, -0.1) is 12.3 Å². The number of ether oxygens (including phenoxy) is 1. The van der Waals surface area contributed by atoms with Crippen LogP contribution in [0.2, 0.25) is 0 Å². The number of anilines is 1. The van der Waals surface area contributed by atoms with Crippen LogP contribution in [0.15, 0.2) is 18.3 Å². The molecule has 0 aliphatic carbocycles. The van der Waals surface area contributed by atoms with Gasteiger partial charge in [-0.1, -0.05) is 0 Å². The number of carbonyl (C=O) groups excluding carboxylic acids is 1. The smallest absolute Gasteiger partial charge is 0.229 e. The van der Waals surface area contributed by atoms with Crippen molar-refractivity contribution in [2.75, 3.05) is 18.1 Å². The van der Waals surface area contributed by atoms with Crippen molar-refractivity contribution in [3.8, 4) is 18.1 Å². The van der Waals surface area contributed by atoms with Crippen LogP contribution >= 0.6 is 0 Å². The second-order valence-electron chi connectivity index (χ2n) is 3.85. The Balaban J connectivity index is 2.20. The van der Waals surface area contributed by atoms with Gasteiger partial charge >= 0.3 is 0 Å². The van der Waals surface area contributed by atoms with Crippen LogP contribution < -0.4 is 9.64 Å². The SMILES string of the molecule is C#CC1CC(=O)N(c2cc(OCC)ccn2)C1. The molecule has 1 atom stereocenters. The molecule has 1 aromatic heterocycles. The molecule has 0 radical (unpaired) electrons. The Kier molecular flexibility index (Phi) is 3.29. The Labute approximate surface area is 101 Å². The van der Waals surface area contributed by atoms with E-state index in [4.69, 9.17) is 11.2 Å². The third-order valence-electron chi connectivity index (χ3n) is 2.67. The lowest BCUT2D eigenvalue weighted by Crippen LogP contribution is -2.25. The van der Waals surface area contributed by atoms with E-state index in [1.165, 1.54) is 0 Å². The number of hydrogen-bond donors (Lipinski definition) is 0. The highest BCUT2D eigenvalue weighted by Gasteiger charge is 2.30. The largest absolute Gasteiger partial charge is 0.494 e. The fourth-order valence-electron chi connectivity index (χ4n) is 1.84. The van der Waals surface area contributed by atoms with E-state index in [-0.39, 0.29) is 11.8 Å². The molecule has 1 aliphatic heterocycles.